The van der Waals surface area contributed by atoms with Gasteiger partial charge in [-0.3, -0.25) is 0 Å². The van der Waals surface area contributed by atoms with Crippen LogP contribution < -0.4 is 0 Å². The van der Waals surface area contributed by atoms with Gasteiger partial charge in [0.1, 0.15) is 0 Å². The molecule has 0 nitrogen and oxygen atoms in total. The van der Waals surface area contributed by atoms with Crippen LogP contribution in [0.5, 0.6) is 0 Å². The van der Waals surface area contributed by atoms with Gasteiger partial charge in [0, 0.05) is 0 Å². The van der Waals surface area contributed by atoms with Crippen LogP contribution >= 0.6 is 0 Å². The summed E-state index contributed by atoms with van der Waals surface area (Å²) in [6.45, 7) is 9.63. The fourth-order valence-corrected chi connectivity index (χ4v) is 5.38. The standard InChI is InChI=1S/C22H42/c1-5-6-19(10-7-17(2)3)21-13-15-22(16-14-21)20-11-8-18(4)9-12-20/h17-22H,5-16H2,1-4H3. The van der Waals surface area contributed by atoms with E-state index < -0.39 is 0 Å². The van der Waals surface area contributed by atoms with Gasteiger partial charge in [0.25, 0.3) is 0 Å². The van der Waals surface area contributed by atoms with Gasteiger partial charge >= 0.3 is 0 Å². The Balaban J connectivity index is 1.76. The molecule has 130 valence electrons. The maximum absolute atomic E-state index is 2.46. The molecule has 0 aromatic carbocycles. The van der Waals surface area contributed by atoms with Crippen LogP contribution in [-0.2, 0) is 0 Å². The summed E-state index contributed by atoms with van der Waals surface area (Å²) in [6, 6.07) is 0. The van der Waals surface area contributed by atoms with Gasteiger partial charge in [-0.1, -0.05) is 59.8 Å². The van der Waals surface area contributed by atoms with Gasteiger partial charge in [-0.25, -0.2) is 0 Å². The van der Waals surface area contributed by atoms with E-state index in [9.17, 15) is 0 Å². The smallest absolute Gasteiger partial charge is 0.0386 e. The third-order valence-electron chi connectivity index (χ3n) is 6.98. The molecule has 0 saturated heterocycles. The summed E-state index contributed by atoms with van der Waals surface area (Å²) in [6.07, 6.45) is 18.2. The summed E-state index contributed by atoms with van der Waals surface area (Å²) >= 11 is 0. The molecule has 2 aliphatic carbocycles. The summed E-state index contributed by atoms with van der Waals surface area (Å²) in [5.41, 5.74) is 0. The molecule has 22 heavy (non-hydrogen) atoms. The number of hydrogen-bond donors (Lipinski definition) is 0. The van der Waals surface area contributed by atoms with E-state index in [4.69, 9.17) is 0 Å². The zero-order valence-corrected chi connectivity index (χ0v) is 15.9. The highest BCUT2D eigenvalue weighted by Gasteiger charge is 2.32. The van der Waals surface area contributed by atoms with E-state index in [1.54, 1.807) is 38.5 Å². The molecule has 0 radical (unpaired) electrons. The highest BCUT2D eigenvalue weighted by atomic mass is 14.4. The summed E-state index contributed by atoms with van der Waals surface area (Å²) in [4.78, 5) is 0. The predicted octanol–water partition coefficient (Wildman–Crippen LogP) is 7.47. The Labute approximate surface area is 140 Å². The Morgan fingerprint density at radius 1 is 0.727 bits per heavy atom. The highest BCUT2D eigenvalue weighted by Crippen LogP contribution is 2.44. The monoisotopic (exact) mass is 306 g/mol. The van der Waals surface area contributed by atoms with E-state index in [0.29, 0.717) is 0 Å². The Kier molecular flexibility index (Phi) is 7.78. The average molecular weight is 307 g/mol. The Hall–Kier alpha value is 0. The molecule has 0 bridgehead atoms. The van der Waals surface area contributed by atoms with Crippen molar-refractivity contribution in [1.29, 1.82) is 0 Å². The van der Waals surface area contributed by atoms with Crippen molar-refractivity contribution in [2.75, 3.05) is 0 Å². The van der Waals surface area contributed by atoms with Crippen LogP contribution in [0.4, 0.5) is 0 Å². The fourth-order valence-electron chi connectivity index (χ4n) is 5.38. The molecular formula is C22H42. The molecule has 1 unspecified atom stereocenters. The van der Waals surface area contributed by atoms with Gasteiger partial charge in [-0.15, -0.1) is 0 Å². The lowest BCUT2D eigenvalue weighted by atomic mass is 9.66. The van der Waals surface area contributed by atoms with Crippen LogP contribution in [0.15, 0.2) is 0 Å². The Morgan fingerprint density at radius 3 is 1.77 bits per heavy atom. The lowest BCUT2D eigenvalue weighted by molar-refractivity contribution is 0.120. The van der Waals surface area contributed by atoms with Gasteiger partial charge in [0.05, 0.1) is 0 Å². The zero-order chi connectivity index (χ0) is 15.9. The lowest BCUT2D eigenvalue weighted by Gasteiger charge is -2.39. The SMILES string of the molecule is CCCC(CCC(C)C)C1CCC(C2CCC(C)CC2)CC1. The molecular weight excluding hydrogens is 264 g/mol. The Morgan fingerprint density at radius 2 is 1.27 bits per heavy atom. The normalized spacial score (nSPS) is 34.8. The van der Waals surface area contributed by atoms with Crippen LogP contribution in [-0.4, -0.2) is 0 Å². The topological polar surface area (TPSA) is 0 Å². The van der Waals surface area contributed by atoms with Gasteiger partial charge in [-0.2, -0.15) is 0 Å². The molecule has 0 amide bonds. The van der Waals surface area contributed by atoms with E-state index in [0.717, 1.165) is 35.5 Å². The second-order valence-electron chi connectivity index (χ2n) is 9.21. The van der Waals surface area contributed by atoms with E-state index in [2.05, 4.69) is 27.7 Å². The molecule has 0 heteroatoms. The molecule has 2 aliphatic rings. The first-order valence-corrected chi connectivity index (χ1v) is 10.6. The van der Waals surface area contributed by atoms with Gasteiger partial charge in [-0.05, 0) is 80.5 Å². The van der Waals surface area contributed by atoms with Crippen molar-refractivity contribution in [2.45, 2.75) is 105 Å². The fraction of sp³-hybridized carbons (Fsp3) is 1.00. The molecule has 2 saturated carbocycles. The molecule has 1 atom stereocenters. The molecule has 0 aromatic rings. The molecule has 0 aromatic heterocycles. The quantitative estimate of drug-likeness (QED) is 0.457. The van der Waals surface area contributed by atoms with Crippen LogP contribution in [0.25, 0.3) is 0 Å². The van der Waals surface area contributed by atoms with E-state index in [1.165, 1.54) is 38.5 Å². The Bertz CT molecular complexity index is 276. The lowest BCUT2D eigenvalue weighted by Crippen LogP contribution is -2.28. The first-order chi connectivity index (χ1) is 10.6. The predicted molar refractivity (Wildman–Crippen MR) is 99.0 cm³/mol. The maximum atomic E-state index is 2.46. The minimum atomic E-state index is 0.889. The van der Waals surface area contributed by atoms with E-state index in [-0.39, 0.29) is 0 Å². The van der Waals surface area contributed by atoms with Crippen molar-refractivity contribution in [3.8, 4) is 0 Å². The van der Waals surface area contributed by atoms with Gasteiger partial charge in [0.2, 0.25) is 0 Å². The molecule has 0 spiro atoms. The third-order valence-corrected chi connectivity index (χ3v) is 6.98. The molecule has 0 aliphatic heterocycles. The van der Waals surface area contributed by atoms with Crippen molar-refractivity contribution in [3.63, 3.8) is 0 Å². The summed E-state index contributed by atoms with van der Waals surface area (Å²) in [5, 5.41) is 0. The van der Waals surface area contributed by atoms with E-state index >= 15 is 0 Å². The second kappa shape index (κ2) is 9.33. The first-order valence-electron chi connectivity index (χ1n) is 10.6. The number of hydrogen-bond acceptors (Lipinski definition) is 0. The summed E-state index contributed by atoms with van der Waals surface area (Å²) < 4.78 is 0. The van der Waals surface area contributed by atoms with E-state index in [1.807, 2.05) is 0 Å². The number of rotatable bonds is 7. The first kappa shape index (κ1) is 18.3. The van der Waals surface area contributed by atoms with Crippen LogP contribution in [0.1, 0.15) is 105 Å². The zero-order valence-electron chi connectivity index (χ0n) is 15.9. The van der Waals surface area contributed by atoms with Gasteiger partial charge < -0.3 is 0 Å². The highest BCUT2D eigenvalue weighted by molar-refractivity contribution is 4.83. The van der Waals surface area contributed by atoms with Crippen LogP contribution in [0.3, 0.4) is 0 Å². The molecule has 2 fully saturated rings. The van der Waals surface area contributed by atoms with Crippen LogP contribution in [0.2, 0.25) is 0 Å². The van der Waals surface area contributed by atoms with Crippen molar-refractivity contribution in [2.24, 2.45) is 35.5 Å². The van der Waals surface area contributed by atoms with Crippen molar-refractivity contribution >= 4 is 0 Å². The maximum Gasteiger partial charge on any atom is -0.0386 e. The van der Waals surface area contributed by atoms with Crippen molar-refractivity contribution in [3.05, 3.63) is 0 Å². The second-order valence-corrected chi connectivity index (χ2v) is 9.21. The summed E-state index contributed by atoms with van der Waals surface area (Å²) in [5.74, 6) is 6.20. The largest absolute Gasteiger partial charge is 0.0654 e. The van der Waals surface area contributed by atoms with Gasteiger partial charge in [0.15, 0.2) is 0 Å². The molecule has 2 rings (SSSR count). The average Bonchev–Trinajstić information content (AvgIpc) is 2.52. The molecule has 0 heterocycles. The van der Waals surface area contributed by atoms with Crippen molar-refractivity contribution < 1.29 is 0 Å². The minimum absolute atomic E-state index is 0.889. The third kappa shape index (κ3) is 5.57. The minimum Gasteiger partial charge on any atom is -0.0654 e. The van der Waals surface area contributed by atoms with Crippen molar-refractivity contribution in [1.82, 2.24) is 0 Å². The van der Waals surface area contributed by atoms with Crippen LogP contribution in [0, 0.1) is 35.5 Å². The summed E-state index contributed by atoms with van der Waals surface area (Å²) in [7, 11) is 0. The molecule has 0 N–H and O–H groups in total.